The molecule has 8 heteroatoms. The van der Waals surface area contributed by atoms with E-state index in [1.165, 1.54) is 30.3 Å². The number of aryl methyl sites for hydroxylation is 1. The van der Waals surface area contributed by atoms with Crippen molar-refractivity contribution in [1.29, 1.82) is 0 Å². The van der Waals surface area contributed by atoms with Crippen molar-refractivity contribution >= 4 is 11.6 Å². The van der Waals surface area contributed by atoms with E-state index >= 15 is 0 Å². The summed E-state index contributed by atoms with van der Waals surface area (Å²) in [4.78, 5) is 17.3. The van der Waals surface area contributed by atoms with Gasteiger partial charge in [-0.15, -0.1) is 0 Å². The first-order chi connectivity index (χ1) is 15.7. The van der Waals surface area contributed by atoms with Gasteiger partial charge in [0.05, 0.1) is 22.9 Å². The fourth-order valence-electron chi connectivity index (χ4n) is 3.36. The van der Waals surface area contributed by atoms with Crippen LogP contribution in [0.3, 0.4) is 0 Å². The molecule has 0 saturated heterocycles. The van der Waals surface area contributed by atoms with E-state index < -0.39 is 11.7 Å². The molecule has 174 valence electrons. The van der Waals surface area contributed by atoms with Crippen molar-refractivity contribution in [3.8, 4) is 11.5 Å². The Kier molecular flexibility index (Phi) is 7.71. The zero-order chi connectivity index (χ0) is 24.0. The number of nitrogens with one attached hydrogen (secondary N) is 1. The summed E-state index contributed by atoms with van der Waals surface area (Å²) < 4.78 is 50.6. The average molecular weight is 458 g/mol. The van der Waals surface area contributed by atoms with Gasteiger partial charge < -0.3 is 14.8 Å². The Hall–Kier alpha value is -3.39. The third kappa shape index (κ3) is 6.55. The Labute approximate surface area is 190 Å². The lowest BCUT2D eigenvalue weighted by Crippen LogP contribution is -2.16. The van der Waals surface area contributed by atoms with Crippen LogP contribution in [0.25, 0.3) is 0 Å². The highest BCUT2D eigenvalue weighted by atomic mass is 19.4. The molecule has 1 heterocycles. The second-order valence-electron chi connectivity index (χ2n) is 7.48. The van der Waals surface area contributed by atoms with Crippen molar-refractivity contribution in [3.05, 3.63) is 83.2 Å². The van der Waals surface area contributed by atoms with Crippen molar-refractivity contribution in [1.82, 2.24) is 4.98 Å². The molecule has 2 aromatic carbocycles. The molecule has 0 aliphatic heterocycles. The fraction of sp³-hybridized carbons (Fsp3) is 0.280. The van der Waals surface area contributed by atoms with E-state index in [0.29, 0.717) is 30.0 Å². The van der Waals surface area contributed by atoms with Crippen molar-refractivity contribution in [2.45, 2.75) is 39.5 Å². The standard InChI is InChI=1S/C25H25F3N2O3/c1-4-32-16(2)14-19-12-13-21(17(3)29-19)24(31)30-18-8-7-9-20(15-18)33-23-11-6-5-10-22(23)25(26,27)28/h5-13,15-16H,4,14H2,1-3H3,(H,30,31). The number of benzene rings is 2. The predicted molar refractivity (Wildman–Crippen MR) is 120 cm³/mol. The number of nitrogens with zero attached hydrogens (tertiary/aromatic N) is 1. The van der Waals surface area contributed by atoms with E-state index in [1.807, 2.05) is 13.8 Å². The van der Waals surface area contributed by atoms with Gasteiger partial charge in [0, 0.05) is 30.5 Å². The minimum absolute atomic E-state index is 0.0202. The Bertz CT molecular complexity index is 1120. The molecule has 0 bridgehead atoms. The van der Waals surface area contributed by atoms with Crippen LogP contribution in [0.1, 0.15) is 41.2 Å². The summed E-state index contributed by atoms with van der Waals surface area (Å²) in [5.41, 5.74) is 1.30. The van der Waals surface area contributed by atoms with Gasteiger partial charge in [0.25, 0.3) is 5.91 Å². The topological polar surface area (TPSA) is 60.5 Å². The first-order valence-corrected chi connectivity index (χ1v) is 10.5. The number of hydrogen-bond donors (Lipinski definition) is 1. The van der Waals surface area contributed by atoms with Crippen molar-refractivity contribution in [3.63, 3.8) is 0 Å². The van der Waals surface area contributed by atoms with Crippen LogP contribution in [0.2, 0.25) is 0 Å². The second kappa shape index (κ2) is 10.5. The van der Waals surface area contributed by atoms with Crippen LogP contribution in [0.4, 0.5) is 18.9 Å². The molecule has 1 atom stereocenters. The molecule has 1 unspecified atom stereocenters. The molecule has 1 amide bonds. The van der Waals surface area contributed by atoms with E-state index in [9.17, 15) is 18.0 Å². The highest BCUT2D eigenvalue weighted by molar-refractivity contribution is 6.05. The van der Waals surface area contributed by atoms with Gasteiger partial charge in [-0.3, -0.25) is 9.78 Å². The molecule has 0 aliphatic carbocycles. The monoisotopic (exact) mass is 458 g/mol. The Morgan fingerprint density at radius 1 is 1.09 bits per heavy atom. The van der Waals surface area contributed by atoms with Gasteiger partial charge in [0.1, 0.15) is 11.5 Å². The number of pyridine rings is 1. The number of hydrogen-bond acceptors (Lipinski definition) is 4. The van der Waals surface area contributed by atoms with Crippen LogP contribution in [-0.4, -0.2) is 23.6 Å². The van der Waals surface area contributed by atoms with E-state index in [-0.39, 0.29) is 23.5 Å². The molecule has 5 nitrogen and oxygen atoms in total. The van der Waals surface area contributed by atoms with Crippen LogP contribution in [0, 0.1) is 6.92 Å². The number of rotatable bonds is 8. The largest absolute Gasteiger partial charge is 0.457 e. The summed E-state index contributed by atoms with van der Waals surface area (Å²) in [5, 5.41) is 2.74. The van der Waals surface area contributed by atoms with Crippen molar-refractivity contribution in [2.24, 2.45) is 0 Å². The first-order valence-electron chi connectivity index (χ1n) is 10.5. The summed E-state index contributed by atoms with van der Waals surface area (Å²) in [6, 6.07) is 14.6. The smallest absolute Gasteiger partial charge is 0.419 e. The molecule has 1 aromatic heterocycles. The number of para-hydroxylation sites is 1. The molecule has 3 aromatic rings. The SMILES string of the molecule is CCOC(C)Cc1ccc(C(=O)Nc2cccc(Oc3ccccc3C(F)(F)F)c2)c(C)n1. The summed E-state index contributed by atoms with van der Waals surface area (Å²) in [5.74, 6) is -0.526. The zero-order valence-corrected chi connectivity index (χ0v) is 18.6. The van der Waals surface area contributed by atoms with Crippen LogP contribution >= 0.6 is 0 Å². The second-order valence-corrected chi connectivity index (χ2v) is 7.48. The number of carbonyl (C=O) groups excluding carboxylic acids is 1. The average Bonchev–Trinajstić information content (AvgIpc) is 2.74. The summed E-state index contributed by atoms with van der Waals surface area (Å²) >= 11 is 0. The Balaban J connectivity index is 1.73. The number of anilines is 1. The molecule has 1 N–H and O–H groups in total. The van der Waals surface area contributed by atoms with E-state index in [2.05, 4.69) is 10.3 Å². The van der Waals surface area contributed by atoms with Gasteiger partial charge in [-0.05, 0) is 57.2 Å². The molecule has 0 saturated carbocycles. The summed E-state index contributed by atoms with van der Waals surface area (Å²) in [7, 11) is 0. The van der Waals surface area contributed by atoms with E-state index in [4.69, 9.17) is 9.47 Å². The molecule has 0 radical (unpaired) electrons. The lowest BCUT2D eigenvalue weighted by Gasteiger charge is -2.14. The molecule has 0 fully saturated rings. The van der Waals surface area contributed by atoms with Gasteiger partial charge in [-0.2, -0.15) is 13.2 Å². The maximum Gasteiger partial charge on any atom is 0.419 e. The van der Waals surface area contributed by atoms with Crippen LogP contribution in [0.15, 0.2) is 60.7 Å². The lowest BCUT2D eigenvalue weighted by atomic mass is 10.1. The number of amides is 1. The third-order valence-corrected chi connectivity index (χ3v) is 4.85. The summed E-state index contributed by atoms with van der Waals surface area (Å²) in [6.07, 6.45) is -3.89. The number of aromatic nitrogens is 1. The number of ether oxygens (including phenoxy) is 2. The zero-order valence-electron chi connectivity index (χ0n) is 18.6. The van der Waals surface area contributed by atoms with Crippen molar-refractivity contribution in [2.75, 3.05) is 11.9 Å². The quantitative estimate of drug-likeness (QED) is 0.423. The van der Waals surface area contributed by atoms with Gasteiger partial charge in [-0.1, -0.05) is 18.2 Å². The molecular weight excluding hydrogens is 433 g/mol. The van der Waals surface area contributed by atoms with Crippen molar-refractivity contribution < 1.29 is 27.4 Å². The minimum atomic E-state index is -4.54. The molecule has 0 aliphatic rings. The molecule has 3 rings (SSSR count). The van der Waals surface area contributed by atoms with E-state index in [0.717, 1.165) is 11.8 Å². The first kappa shape index (κ1) is 24.3. The van der Waals surface area contributed by atoms with E-state index in [1.54, 1.807) is 31.2 Å². The van der Waals surface area contributed by atoms with Crippen LogP contribution < -0.4 is 10.1 Å². The molecular formula is C25H25F3N2O3. The maximum atomic E-state index is 13.2. The Morgan fingerprint density at radius 2 is 1.85 bits per heavy atom. The number of alkyl halides is 3. The van der Waals surface area contributed by atoms with Gasteiger partial charge in [0.2, 0.25) is 0 Å². The van der Waals surface area contributed by atoms with Crippen LogP contribution in [-0.2, 0) is 17.3 Å². The predicted octanol–water partition coefficient (Wildman–Crippen LogP) is 6.42. The number of halogens is 3. The third-order valence-electron chi connectivity index (χ3n) is 4.85. The lowest BCUT2D eigenvalue weighted by molar-refractivity contribution is -0.138. The minimum Gasteiger partial charge on any atom is -0.457 e. The summed E-state index contributed by atoms with van der Waals surface area (Å²) in [6.45, 7) is 6.25. The fourth-order valence-corrected chi connectivity index (χ4v) is 3.36. The maximum absolute atomic E-state index is 13.2. The molecule has 33 heavy (non-hydrogen) atoms. The number of carbonyl (C=O) groups is 1. The van der Waals surface area contributed by atoms with Crippen LogP contribution in [0.5, 0.6) is 11.5 Å². The van der Waals surface area contributed by atoms with Gasteiger partial charge >= 0.3 is 6.18 Å². The molecule has 0 spiro atoms. The highest BCUT2D eigenvalue weighted by Gasteiger charge is 2.34. The normalized spacial score (nSPS) is 12.3. The highest BCUT2D eigenvalue weighted by Crippen LogP contribution is 2.38. The van der Waals surface area contributed by atoms with Gasteiger partial charge in [-0.25, -0.2) is 0 Å². The van der Waals surface area contributed by atoms with Gasteiger partial charge in [0.15, 0.2) is 0 Å². The Morgan fingerprint density at radius 3 is 2.55 bits per heavy atom.